The first-order valence-electron chi connectivity index (χ1n) is 9.24. The summed E-state index contributed by atoms with van der Waals surface area (Å²) >= 11 is 0. The summed E-state index contributed by atoms with van der Waals surface area (Å²) in [6.07, 6.45) is 0. The molecule has 0 fully saturated rings. The quantitative estimate of drug-likeness (QED) is 0.626. The van der Waals surface area contributed by atoms with E-state index in [0.717, 1.165) is 13.1 Å². The fraction of sp³-hybridized carbons (Fsp3) is 0.619. The molecule has 0 aliphatic carbocycles. The minimum atomic E-state index is -0.0834. The first-order valence-corrected chi connectivity index (χ1v) is 9.24. The molecule has 2 rings (SSSR count). The number of H-pyrrole nitrogens is 2. The van der Waals surface area contributed by atoms with E-state index in [1.54, 1.807) is 0 Å². The molecular formula is C21H36N4. The SMILES string of the molecule is CC(C)(C)NCc1ccc(C(C)(C)c2ccc(CNC(C)(C)C)[nH]2)[nH]1. The van der Waals surface area contributed by atoms with Crippen LogP contribution in [0.2, 0.25) is 0 Å². The molecule has 25 heavy (non-hydrogen) atoms. The molecule has 4 N–H and O–H groups in total. The molecule has 0 saturated heterocycles. The third-order valence-electron chi connectivity index (χ3n) is 4.46. The van der Waals surface area contributed by atoms with Gasteiger partial charge in [-0.3, -0.25) is 0 Å². The van der Waals surface area contributed by atoms with Gasteiger partial charge >= 0.3 is 0 Å². The van der Waals surface area contributed by atoms with Gasteiger partial charge in [-0.25, -0.2) is 0 Å². The monoisotopic (exact) mass is 344 g/mol. The van der Waals surface area contributed by atoms with Crippen molar-refractivity contribution in [2.45, 2.75) is 85.0 Å². The molecule has 0 aromatic carbocycles. The number of aromatic nitrogens is 2. The van der Waals surface area contributed by atoms with Crippen LogP contribution in [0.1, 0.15) is 78.2 Å². The van der Waals surface area contributed by atoms with Crippen molar-refractivity contribution in [3.63, 3.8) is 0 Å². The van der Waals surface area contributed by atoms with Gasteiger partial charge in [0.05, 0.1) is 0 Å². The predicted octanol–water partition coefficient (Wildman–Crippen LogP) is 4.44. The number of hydrogen-bond donors (Lipinski definition) is 4. The van der Waals surface area contributed by atoms with Crippen LogP contribution < -0.4 is 10.6 Å². The van der Waals surface area contributed by atoms with Gasteiger partial charge in [-0.15, -0.1) is 0 Å². The highest BCUT2D eigenvalue weighted by atomic mass is 15.0. The molecule has 4 nitrogen and oxygen atoms in total. The number of rotatable bonds is 6. The third-order valence-corrected chi connectivity index (χ3v) is 4.46. The molecule has 140 valence electrons. The molecule has 0 aliphatic rings. The first kappa shape index (κ1) is 19.8. The predicted molar refractivity (Wildman–Crippen MR) is 107 cm³/mol. The zero-order chi connectivity index (χ0) is 18.9. The van der Waals surface area contributed by atoms with Gasteiger partial charge in [0.2, 0.25) is 0 Å². The highest BCUT2D eigenvalue weighted by Gasteiger charge is 2.26. The summed E-state index contributed by atoms with van der Waals surface area (Å²) in [5, 5.41) is 7.06. The zero-order valence-electron chi connectivity index (χ0n) is 17.2. The van der Waals surface area contributed by atoms with Crippen LogP contribution in [-0.2, 0) is 18.5 Å². The van der Waals surface area contributed by atoms with Crippen molar-refractivity contribution < 1.29 is 0 Å². The summed E-state index contributed by atoms with van der Waals surface area (Å²) in [6, 6.07) is 8.77. The van der Waals surface area contributed by atoms with Crippen molar-refractivity contribution in [3.8, 4) is 0 Å². The third kappa shape index (κ3) is 5.75. The van der Waals surface area contributed by atoms with E-state index in [1.165, 1.54) is 22.8 Å². The van der Waals surface area contributed by atoms with Gasteiger partial charge in [-0.05, 0) is 79.7 Å². The van der Waals surface area contributed by atoms with E-state index in [1.807, 2.05) is 0 Å². The summed E-state index contributed by atoms with van der Waals surface area (Å²) in [7, 11) is 0. The van der Waals surface area contributed by atoms with E-state index >= 15 is 0 Å². The summed E-state index contributed by atoms with van der Waals surface area (Å²) < 4.78 is 0. The van der Waals surface area contributed by atoms with Crippen LogP contribution in [0.3, 0.4) is 0 Å². The Morgan fingerprint density at radius 1 is 0.640 bits per heavy atom. The fourth-order valence-electron chi connectivity index (χ4n) is 2.68. The van der Waals surface area contributed by atoms with E-state index < -0.39 is 0 Å². The van der Waals surface area contributed by atoms with Crippen molar-refractivity contribution in [1.82, 2.24) is 20.6 Å². The first-order chi connectivity index (χ1) is 11.4. The van der Waals surface area contributed by atoms with Crippen LogP contribution in [0.15, 0.2) is 24.3 Å². The molecule has 0 spiro atoms. The lowest BCUT2D eigenvalue weighted by atomic mass is 9.86. The Morgan fingerprint density at radius 3 is 1.32 bits per heavy atom. The molecular weight excluding hydrogens is 308 g/mol. The van der Waals surface area contributed by atoms with Gasteiger partial charge in [-0.2, -0.15) is 0 Å². The average molecular weight is 345 g/mol. The van der Waals surface area contributed by atoms with E-state index in [2.05, 4.69) is 100 Å². The molecule has 0 saturated carbocycles. The van der Waals surface area contributed by atoms with E-state index in [9.17, 15) is 0 Å². The van der Waals surface area contributed by atoms with Crippen LogP contribution >= 0.6 is 0 Å². The summed E-state index contributed by atoms with van der Waals surface area (Å²) in [6.45, 7) is 19.3. The van der Waals surface area contributed by atoms with Gasteiger partial charge < -0.3 is 20.6 Å². The second-order valence-corrected chi connectivity index (χ2v) is 9.63. The summed E-state index contributed by atoms with van der Waals surface area (Å²) in [5.41, 5.74) is 5.06. The normalized spacial score (nSPS) is 13.4. The molecule has 4 heteroatoms. The molecule has 0 radical (unpaired) electrons. The highest BCUT2D eigenvalue weighted by Crippen LogP contribution is 2.30. The highest BCUT2D eigenvalue weighted by molar-refractivity contribution is 5.32. The number of hydrogen-bond acceptors (Lipinski definition) is 2. The standard InChI is InChI=1S/C21H36N4/c1-19(2,3)22-13-15-9-11-17(24-15)21(7,8)18-12-10-16(25-18)14-23-20(4,5)6/h9-12,22-25H,13-14H2,1-8H3. The van der Waals surface area contributed by atoms with Crippen LogP contribution in [0.4, 0.5) is 0 Å². The lowest BCUT2D eigenvalue weighted by molar-refractivity contribution is 0.421. The topological polar surface area (TPSA) is 55.6 Å². The van der Waals surface area contributed by atoms with E-state index in [-0.39, 0.29) is 16.5 Å². The van der Waals surface area contributed by atoms with Crippen LogP contribution in [-0.4, -0.2) is 21.0 Å². The van der Waals surface area contributed by atoms with Crippen molar-refractivity contribution in [2.75, 3.05) is 0 Å². The molecule has 2 aromatic rings. The molecule has 2 heterocycles. The Labute approximate surface area is 153 Å². The van der Waals surface area contributed by atoms with Crippen molar-refractivity contribution in [1.29, 1.82) is 0 Å². The minimum absolute atomic E-state index is 0.0834. The van der Waals surface area contributed by atoms with Crippen molar-refractivity contribution in [2.24, 2.45) is 0 Å². The maximum Gasteiger partial charge on any atom is 0.0447 e. The lowest BCUT2D eigenvalue weighted by Crippen LogP contribution is -2.35. The lowest BCUT2D eigenvalue weighted by Gasteiger charge is -2.23. The largest absolute Gasteiger partial charge is 0.360 e. The van der Waals surface area contributed by atoms with Crippen LogP contribution in [0, 0.1) is 0 Å². The molecule has 2 aromatic heterocycles. The van der Waals surface area contributed by atoms with Crippen LogP contribution in [0.5, 0.6) is 0 Å². The van der Waals surface area contributed by atoms with Gasteiger partial charge in [0.25, 0.3) is 0 Å². The fourth-order valence-corrected chi connectivity index (χ4v) is 2.68. The van der Waals surface area contributed by atoms with Gasteiger partial charge in [-0.1, -0.05) is 0 Å². The summed E-state index contributed by atoms with van der Waals surface area (Å²) in [5.74, 6) is 0. The Kier molecular flexibility index (Phi) is 5.55. The Bertz CT molecular complexity index is 619. The van der Waals surface area contributed by atoms with E-state index in [4.69, 9.17) is 0 Å². The summed E-state index contributed by atoms with van der Waals surface area (Å²) in [4.78, 5) is 7.18. The average Bonchev–Trinajstić information content (AvgIpc) is 3.11. The second kappa shape index (κ2) is 7.00. The molecule has 0 amide bonds. The van der Waals surface area contributed by atoms with Gasteiger partial charge in [0.1, 0.15) is 0 Å². The van der Waals surface area contributed by atoms with Crippen LogP contribution in [0.25, 0.3) is 0 Å². The molecule has 0 unspecified atom stereocenters. The van der Waals surface area contributed by atoms with Crippen molar-refractivity contribution >= 4 is 0 Å². The Balaban J connectivity index is 2.08. The zero-order valence-corrected chi connectivity index (χ0v) is 17.2. The van der Waals surface area contributed by atoms with Gasteiger partial charge in [0, 0.05) is 52.4 Å². The minimum Gasteiger partial charge on any atom is -0.360 e. The van der Waals surface area contributed by atoms with Crippen molar-refractivity contribution in [3.05, 3.63) is 47.0 Å². The number of nitrogens with one attached hydrogen (secondary N) is 4. The Hall–Kier alpha value is -1.52. The number of aromatic amines is 2. The maximum absolute atomic E-state index is 3.59. The molecule has 0 atom stereocenters. The molecule has 0 bridgehead atoms. The molecule has 0 aliphatic heterocycles. The Morgan fingerprint density at radius 2 is 1.00 bits per heavy atom. The smallest absolute Gasteiger partial charge is 0.0447 e. The van der Waals surface area contributed by atoms with Gasteiger partial charge in [0.15, 0.2) is 0 Å². The second-order valence-electron chi connectivity index (χ2n) is 9.63. The van der Waals surface area contributed by atoms with E-state index in [0.29, 0.717) is 0 Å². The maximum atomic E-state index is 3.59.